The van der Waals surface area contributed by atoms with Gasteiger partial charge in [0.25, 0.3) is 0 Å². The van der Waals surface area contributed by atoms with Crippen molar-refractivity contribution in [3.63, 3.8) is 0 Å². The van der Waals surface area contributed by atoms with Gasteiger partial charge in [-0.25, -0.2) is 0 Å². The summed E-state index contributed by atoms with van der Waals surface area (Å²) in [6, 6.07) is 0. The predicted molar refractivity (Wildman–Crippen MR) is 68.7 cm³/mol. The average Bonchev–Trinajstić information content (AvgIpc) is 2.40. The Balaban J connectivity index is 2.25. The quantitative estimate of drug-likeness (QED) is 0.788. The number of aliphatic hydroxyl groups excluding tert-OH is 1. The molecule has 3 heteroatoms. The van der Waals surface area contributed by atoms with Crippen molar-refractivity contribution in [1.82, 2.24) is 9.80 Å². The molecule has 0 atom stereocenters. The third-order valence-electron chi connectivity index (χ3n) is 3.28. The Kier molecular flexibility index (Phi) is 5.73. The zero-order valence-corrected chi connectivity index (χ0v) is 11.2. The van der Waals surface area contributed by atoms with Crippen molar-refractivity contribution in [3.05, 3.63) is 0 Å². The average molecular weight is 228 g/mol. The smallest absolute Gasteiger partial charge is 0.0558 e. The molecular weight excluding hydrogens is 200 g/mol. The number of aliphatic hydroxyl groups is 1. The van der Waals surface area contributed by atoms with Gasteiger partial charge in [0.1, 0.15) is 0 Å². The monoisotopic (exact) mass is 228 g/mol. The summed E-state index contributed by atoms with van der Waals surface area (Å²) < 4.78 is 0. The van der Waals surface area contributed by atoms with E-state index in [2.05, 4.69) is 30.6 Å². The van der Waals surface area contributed by atoms with Crippen LogP contribution in [-0.4, -0.2) is 60.8 Å². The molecule has 1 heterocycles. The highest BCUT2D eigenvalue weighted by molar-refractivity contribution is 4.72. The second-order valence-corrected chi connectivity index (χ2v) is 6.07. The van der Waals surface area contributed by atoms with E-state index in [1.54, 1.807) is 0 Å². The summed E-state index contributed by atoms with van der Waals surface area (Å²) in [7, 11) is 0. The van der Waals surface area contributed by atoms with Gasteiger partial charge in [0, 0.05) is 19.6 Å². The van der Waals surface area contributed by atoms with Gasteiger partial charge in [-0.05, 0) is 37.9 Å². The summed E-state index contributed by atoms with van der Waals surface area (Å²) >= 11 is 0. The van der Waals surface area contributed by atoms with Gasteiger partial charge in [-0.1, -0.05) is 20.8 Å². The maximum atomic E-state index is 8.93. The van der Waals surface area contributed by atoms with Crippen molar-refractivity contribution in [1.29, 1.82) is 0 Å². The highest BCUT2D eigenvalue weighted by Crippen LogP contribution is 2.19. The Morgan fingerprint density at radius 1 is 0.938 bits per heavy atom. The van der Waals surface area contributed by atoms with Crippen molar-refractivity contribution in [2.24, 2.45) is 5.41 Å². The lowest BCUT2D eigenvalue weighted by Gasteiger charge is -2.25. The molecule has 1 aliphatic heterocycles. The Morgan fingerprint density at radius 3 is 2.00 bits per heavy atom. The molecule has 0 aliphatic carbocycles. The van der Waals surface area contributed by atoms with Gasteiger partial charge < -0.3 is 10.0 Å². The molecule has 1 saturated heterocycles. The molecule has 16 heavy (non-hydrogen) atoms. The molecule has 1 aliphatic rings. The summed E-state index contributed by atoms with van der Waals surface area (Å²) in [5, 5.41) is 8.93. The lowest BCUT2D eigenvalue weighted by atomic mass is 9.92. The van der Waals surface area contributed by atoms with E-state index in [0.29, 0.717) is 12.0 Å². The number of hydrogen-bond acceptors (Lipinski definition) is 3. The number of β-amino-alcohol motifs (C(OH)–C–C–N with tert-alkyl or cyclic N) is 1. The summed E-state index contributed by atoms with van der Waals surface area (Å²) in [4.78, 5) is 4.94. The van der Waals surface area contributed by atoms with Gasteiger partial charge in [0.15, 0.2) is 0 Å². The highest BCUT2D eigenvalue weighted by Gasteiger charge is 2.16. The molecule has 1 N–H and O–H groups in total. The van der Waals surface area contributed by atoms with Crippen molar-refractivity contribution in [2.75, 3.05) is 45.9 Å². The van der Waals surface area contributed by atoms with E-state index >= 15 is 0 Å². The first-order valence-corrected chi connectivity index (χ1v) is 6.57. The molecule has 0 aromatic heterocycles. The van der Waals surface area contributed by atoms with Crippen LogP contribution >= 0.6 is 0 Å². The van der Waals surface area contributed by atoms with E-state index < -0.39 is 0 Å². The first-order chi connectivity index (χ1) is 7.51. The van der Waals surface area contributed by atoms with Crippen LogP contribution in [0.3, 0.4) is 0 Å². The fraction of sp³-hybridized carbons (Fsp3) is 1.00. The molecule has 0 radical (unpaired) electrons. The normalized spacial score (nSPS) is 21.0. The lowest BCUT2D eigenvalue weighted by molar-refractivity contribution is 0.192. The van der Waals surface area contributed by atoms with Crippen LogP contribution in [0.25, 0.3) is 0 Å². The van der Waals surface area contributed by atoms with Crippen LogP contribution in [0.5, 0.6) is 0 Å². The number of rotatable bonds is 4. The Labute approximate surface area is 100 Å². The van der Waals surface area contributed by atoms with E-state index in [0.717, 1.165) is 26.2 Å². The van der Waals surface area contributed by atoms with Crippen LogP contribution in [0, 0.1) is 5.41 Å². The zero-order valence-electron chi connectivity index (χ0n) is 11.2. The van der Waals surface area contributed by atoms with E-state index in [1.807, 2.05) is 0 Å². The fourth-order valence-electron chi connectivity index (χ4n) is 2.11. The maximum Gasteiger partial charge on any atom is 0.0558 e. The van der Waals surface area contributed by atoms with Gasteiger partial charge in [0.2, 0.25) is 0 Å². The summed E-state index contributed by atoms with van der Waals surface area (Å²) in [5.74, 6) is 0. The second kappa shape index (κ2) is 6.58. The van der Waals surface area contributed by atoms with Gasteiger partial charge in [-0.2, -0.15) is 0 Å². The summed E-state index contributed by atoms with van der Waals surface area (Å²) in [6.45, 7) is 13.9. The van der Waals surface area contributed by atoms with Crippen molar-refractivity contribution in [2.45, 2.75) is 33.6 Å². The molecule has 0 saturated carbocycles. The Morgan fingerprint density at radius 2 is 1.50 bits per heavy atom. The topological polar surface area (TPSA) is 26.7 Å². The minimum atomic E-state index is 0.294. The van der Waals surface area contributed by atoms with Gasteiger partial charge >= 0.3 is 0 Å². The van der Waals surface area contributed by atoms with Crippen LogP contribution in [-0.2, 0) is 0 Å². The van der Waals surface area contributed by atoms with Crippen molar-refractivity contribution >= 4 is 0 Å². The highest BCUT2D eigenvalue weighted by atomic mass is 16.3. The molecule has 0 spiro atoms. The molecule has 0 amide bonds. The van der Waals surface area contributed by atoms with Crippen molar-refractivity contribution < 1.29 is 5.11 Å². The third-order valence-corrected chi connectivity index (χ3v) is 3.28. The fourth-order valence-corrected chi connectivity index (χ4v) is 2.11. The second-order valence-electron chi connectivity index (χ2n) is 6.07. The molecule has 0 aromatic carbocycles. The van der Waals surface area contributed by atoms with E-state index in [-0.39, 0.29) is 0 Å². The van der Waals surface area contributed by atoms with E-state index in [1.165, 1.54) is 25.9 Å². The van der Waals surface area contributed by atoms with E-state index in [9.17, 15) is 0 Å². The van der Waals surface area contributed by atoms with Gasteiger partial charge in [-0.3, -0.25) is 4.90 Å². The molecule has 1 rings (SSSR count). The number of hydrogen-bond donors (Lipinski definition) is 1. The van der Waals surface area contributed by atoms with Gasteiger partial charge in [-0.15, -0.1) is 0 Å². The molecule has 0 bridgehead atoms. The first-order valence-electron chi connectivity index (χ1n) is 6.57. The first kappa shape index (κ1) is 13.9. The standard InChI is InChI=1S/C13H28N2O/c1-13(2,3)5-8-14-6-4-7-15(10-9-14)11-12-16/h16H,4-12H2,1-3H3. The molecular formula is C13H28N2O. The van der Waals surface area contributed by atoms with Crippen LogP contribution < -0.4 is 0 Å². The predicted octanol–water partition coefficient (Wildman–Crippen LogP) is 1.42. The molecule has 3 nitrogen and oxygen atoms in total. The van der Waals surface area contributed by atoms with Crippen LogP contribution in [0.2, 0.25) is 0 Å². The minimum Gasteiger partial charge on any atom is -0.395 e. The van der Waals surface area contributed by atoms with Crippen LogP contribution in [0.15, 0.2) is 0 Å². The minimum absolute atomic E-state index is 0.294. The third kappa shape index (κ3) is 5.83. The van der Waals surface area contributed by atoms with Crippen molar-refractivity contribution in [3.8, 4) is 0 Å². The lowest BCUT2D eigenvalue weighted by Crippen LogP contribution is -2.33. The van der Waals surface area contributed by atoms with E-state index in [4.69, 9.17) is 5.11 Å². The maximum absolute atomic E-state index is 8.93. The van der Waals surface area contributed by atoms with Gasteiger partial charge in [0.05, 0.1) is 6.61 Å². The molecule has 0 unspecified atom stereocenters. The van der Waals surface area contributed by atoms with Crippen LogP contribution in [0.4, 0.5) is 0 Å². The molecule has 96 valence electrons. The largest absolute Gasteiger partial charge is 0.395 e. The molecule has 0 aromatic rings. The van der Waals surface area contributed by atoms with Crippen LogP contribution in [0.1, 0.15) is 33.6 Å². The Hall–Kier alpha value is -0.120. The number of nitrogens with zero attached hydrogens (tertiary/aromatic N) is 2. The summed E-state index contributed by atoms with van der Waals surface area (Å²) in [6.07, 6.45) is 2.51. The summed E-state index contributed by atoms with van der Waals surface area (Å²) in [5.41, 5.74) is 0.442. The molecule has 1 fully saturated rings. The Bertz CT molecular complexity index is 189. The zero-order chi connectivity index (χ0) is 12.0. The SMILES string of the molecule is CC(C)(C)CCN1CCCN(CCO)CC1.